The van der Waals surface area contributed by atoms with Crippen LogP contribution in [0.15, 0.2) is 36.8 Å². The highest BCUT2D eigenvalue weighted by Crippen LogP contribution is 2.31. The molecule has 1 aromatic heterocycles. The standard InChI is InChI=1S/C16H23ClN4/c1-4-21-11-19-10-16(21)15(9-18)20(3)12(2)13-7-5-6-8-14(13)17/h5-8,10-12,15H,4,9,18H2,1-3H3. The van der Waals surface area contributed by atoms with E-state index in [1.54, 1.807) is 0 Å². The van der Waals surface area contributed by atoms with Crippen LogP contribution >= 0.6 is 11.6 Å². The van der Waals surface area contributed by atoms with Crippen molar-refractivity contribution in [3.63, 3.8) is 0 Å². The van der Waals surface area contributed by atoms with Crippen molar-refractivity contribution in [2.75, 3.05) is 13.6 Å². The zero-order valence-electron chi connectivity index (χ0n) is 12.8. The van der Waals surface area contributed by atoms with Gasteiger partial charge in [-0.3, -0.25) is 4.90 Å². The van der Waals surface area contributed by atoms with Crippen molar-refractivity contribution in [1.29, 1.82) is 0 Å². The van der Waals surface area contributed by atoms with Crippen molar-refractivity contribution in [1.82, 2.24) is 14.5 Å². The number of nitrogens with two attached hydrogens (primary N) is 1. The molecular formula is C16H23ClN4. The molecular weight excluding hydrogens is 284 g/mol. The van der Waals surface area contributed by atoms with Gasteiger partial charge in [-0.05, 0) is 32.5 Å². The summed E-state index contributed by atoms with van der Waals surface area (Å²) in [4.78, 5) is 6.50. The van der Waals surface area contributed by atoms with E-state index in [0.717, 1.165) is 22.8 Å². The Labute approximate surface area is 131 Å². The number of aryl methyl sites for hydroxylation is 1. The minimum atomic E-state index is 0.110. The van der Waals surface area contributed by atoms with Gasteiger partial charge < -0.3 is 10.3 Å². The fourth-order valence-electron chi connectivity index (χ4n) is 2.67. The van der Waals surface area contributed by atoms with Crippen LogP contribution < -0.4 is 5.73 Å². The van der Waals surface area contributed by atoms with E-state index in [1.165, 1.54) is 0 Å². The molecule has 0 aliphatic heterocycles. The molecule has 0 saturated heterocycles. The molecule has 0 amide bonds. The lowest BCUT2D eigenvalue weighted by atomic mass is 10.0. The molecule has 2 N–H and O–H groups in total. The first-order chi connectivity index (χ1) is 10.1. The van der Waals surface area contributed by atoms with Crippen molar-refractivity contribution in [3.05, 3.63) is 53.1 Å². The summed E-state index contributed by atoms with van der Waals surface area (Å²) in [6.45, 7) is 5.68. The molecule has 5 heteroatoms. The second-order valence-corrected chi connectivity index (χ2v) is 5.63. The van der Waals surface area contributed by atoms with Crippen molar-refractivity contribution >= 4 is 11.6 Å². The average molecular weight is 307 g/mol. The molecule has 21 heavy (non-hydrogen) atoms. The Kier molecular flexibility index (Phi) is 5.39. The zero-order valence-corrected chi connectivity index (χ0v) is 13.6. The van der Waals surface area contributed by atoms with E-state index in [1.807, 2.05) is 30.7 Å². The lowest BCUT2D eigenvalue weighted by Crippen LogP contribution is -2.34. The Morgan fingerprint density at radius 3 is 2.71 bits per heavy atom. The second-order valence-electron chi connectivity index (χ2n) is 5.22. The maximum atomic E-state index is 6.32. The third kappa shape index (κ3) is 3.28. The Hall–Kier alpha value is -1.36. The zero-order chi connectivity index (χ0) is 15.4. The average Bonchev–Trinajstić information content (AvgIpc) is 2.96. The predicted octanol–water partition coefficient (Wildman–Crippen LogP) is 3.25. The topological polar surface area (TPSA) is 47.1 Å². The van der Waals surface area contributed by atoms with Crippen LogP contribution in [-0.2, 0) is 6.54 Å². The van der Waals surface area contributed by atoms with Gasteiger partial charge in [-0.15, -0.1) is 0 Å². The highest BCUT2D eigenvalue weighted by atomic mass is 35.5. The lowest BCUT2D eigenvalue weighted by molar-refractivity contribution is 0.183. The van der Waals surface area contributed by atoms with Crippen LogP contribution in [0.4, 0.5) is 0 Å². The van der Waals surface area contributed by atoms with Crippen molar-refractivity contribution in [3.8, 4) is 0 Å². The van der Waals surface area contributed by atoms with Gasteiger partial charge in [0.15, 0.2) is 0 Å². The van der Waals surface area contributed by atoms with Gasteiger partial charge in [0.1, 0.15) is 0 Å². The van der Waals surface area contributed by atoms with Crippen LogP contribution in [0.25, 0.3) is 0 Å². The molecule has 2 rings (SSSR count). The van der Waals surface area contributed by atoms with E-state index in [9.17, 15) is 0 Å². The molecule has 0 bridgehead atoms. The first kappa shape index (κ1) is 16.0. The molecule has 2 atom stereocenters. The fraction of sp³-hybridized carbons (Fsp3) is 0.438. The quantitative estimate of drug-likeness (QED) is 0.891. The summed E-state index contributed by atoms with van der Waals surface area (Å²) in [5.74, 6) is 0. The number of aromatic nitrogens is 2. The number of benzene rings is 1. The molecule has 1 aromatic carbocycles. The number of likely N-dealkylation sites (N-methyl/N-ethyl adjacent to an activating group) is 1. The van der Waals surface area contributed by atoms with Crippen molar-refractivity contribution in [2.24, 2.45) is 5.73 Å². The van der Waals surface area contributed by atoms with Gasteiger partial charge >= 0.3 is 0 Å². The summed E-state index contributed by atoms with van der Waals surface area (Å²) >= 11 is 6.32. The number of hydrogen-bond donors (Lipinski definition) is 1. The Balaban J connectivity index is 2.28. The summed E-state index contributed by atoms with van der Waals surface area (Å²) in [6.07, 6.45) is 3.75. The maximum absolute atomic E-state index is 6.32. The highest BCUT2D eigenvalue weighted by Gasteiger charge is 2.24. The third-order valence-corrected chi connectivity index (χ3v) is 4.45. The molecule has 0 aliphatic carbocycles. The maximum Gasteiger partial charge on any atom is 0.0948 e. The monoisotopic (exact) mass is 306 g/mol. The summed E-state index contributed by atoms with van der Waals surface area (Å²) in [6, 6.07) is 8.24. The minimum Gasteiger partial charge on any atom is -0.333 e. The SMILES string of the molecule is CCn1cncc1C(CN)N(C)C(C)c1ccccc1Cl. The first-order valence-electron chi connectivity index (χ1n) is 7.26. The van der Waals surface area contributed by atoms with E-state index in [-0.39, 0.29) is 12.1 Å². The van der Waals surface area contributed by atoms with Crippen LogP contribution in [0.3, 0.4) is 0 Å². The molecule has 114 valence electrons. The third-order valence-electron chi connectivity index (χ3n) is 4.11. The summed E-state index contributed by atoms with van der Waals surface area (Å²) in [5.41, 5.74) is 8.28. The molecule has 0 radical (unpaired) electrons. The van der Waals surface area contributed by atoms with E-state index in [2.05, 4.69) is 41.4 Å². The number of rotatable bonds is 6. The number of hydrogen-bond acceptors (Lipinski definition) is 3. The first-order valence-corrected chi connectivity index (χ1v) is 7.64. The van der Waals surface area contributed by atoms with Gasteiger partial charge in [0.25, 0.3) is 0 Å². The van der Waals surface area contributed by atoms with Gasteiger partial charge in [0.2, 0.25) is 0 Å². The van der Waals surface area contributed by atoms with Crippen molar-refractivity contribution in [2.45, 2.75) is 32.5 Å². The molecule has 2 aromatic rings. The second kappa shape index (κ2) is 7.07. The van der Waals surface area contributed by atoms with E-state index >= 15 is 0 Å². The molecule has 0 saturated carbocycles. The Morgan fingerprint density at radius 1 is 1.38 bits per heavy atom. The van der Waals surface area contributed by atoms with E-state index in [0.29, 0.717) is 6.54 Å². The minimum absolute atomic E-state index is 0.110. The summed E-state index contributed by atoms with van der Waals surface area (Å²) in [7, 11) is 2.08. The number of nitrogens with zero attached hydrogens (tertiary/aromatic N) is 3. The van der Waals surface area contributed by atoms with Crippen LogP contribution in [0.1, 0.15) is 37.2 Å². The largest absolute Gasteiger partial charge is 0.333 e. The molecule has 0 aliphatic rings. The van der Waals surface area contributed by atoms with Gasteiger partial charge in [-0.2, -0.15) is 0 Å². The molecule has 0 fully saturated rings. The highest BCUT2D eigenvalue weighted by molar-refractivity contribution is 6.31. The van der Waals surface area contributed by atoms with Crippen LogP contribution in [0.5, 0.6) is 0 Å². The van der Waals surface area contributed by atoms with E-state index < -0.39 is 0 Å². The van der Waals surface area contributed by atoms with Crippen LogP contribution in [-0.4, -0.2) is 28.0 Å². The Bertz CT molecular complexity index is 581. The number of imidazole rings is 1. The fourth-order valence-corrected chi connectivity index (χ4v) is 2.97. The molecule has 4 nitrogen and oxygen atoms in total. The van der Waals surface area contributed by atoms with Crippen LogP contribution in [0.2, 0.25) is 5.02 Å². The van der Waals surface area contributed by atoms with Gasteiger partial charge in [-0.1, -0.05) is 29.8 Å². The van der Waals surface area contributed by atoms with Gasteiger partial charge in [0, 0.05) is 30.4 Å². The Morgan fingerprint density at radius 2 is 2.10 bits per heavy atom. The normalized spacial score (nSPS) is 14.4. The van der Waals surface area contributed by atoms with Crippen LogP contribution in [0, 0.1) is 0 Å². The number of halogens is 1. The van der Waals surface area contributed by atoms with Gasteiger partial charge in [0.05, 0.1) is 18.1 Å². The van der Waals surface area contributed by atoms with Gasteiger partial charge in [-0.25, -0.2) is 4.98 Å². The summed E-state index contributed by atoms with van der Waals surface area (Å²) < 4.78 is 2.13. The van der Waals surface area contributed by atoms with Crippen molar-refractivity contribution < 1.29 is 0 Å². The van der Waals surface area contributed by atoms with E-state index in [4.69, 9.17) is 17.3 Å². The predicted molar refractivity (Wildman–Crippen MR) is 87.3 cm³/mol. The molecule has 0 spiro atoms. The molecule has 2 unspecified atom stereocenters. The summed E-state index contributed by atoms with van der Waals surface area (Å²) in [5, 5.41) is 0.789. The smallest absolute Gasteiger partial charge is 0.0948 e. The molecule has 1 heterocycles. The lowest BCUT2D eigenvalue weighted by Gasteiger charge is -2.33.